The minimum atomic E-state index is -5.04. The van der Waals surface area contributed by atoms with Crippen molar-refractivity contribution in [3.05, 3.63) is 24.3 Å². The Hall–Kier alpha value is -2.22. The topological polar surface area (TPSA) is 94.2 Å². The van der Waals surface area contributed by atoms with Gasteiger partial charge in [-0.05, 0) is 31.2 Å². The Bertz CT molecular complexity index is 1020. The number of piperazine rings is 1. The third-order valence-corrected chi connectivity index (χ3v) is 6.42. The summed E-state index contributed by atoms with van der Waals surface area (Å²) in [6.07, 6.45) is -7.98. The Morgan fingerprint density at radius 3 is 2.27 bits per heavy atom. The van der Waals surface area contributed by atoms with Crippen LogP contribution in [0.4, 0.5) is 33.7 Å². The van der Waals surface area contributed by atoms with Crippen LogP contribution < -0.4 is 20.4 Å². The SMILES string of the molecule is CC(=O)NC(N1CCN(c2ccc(N3CC(CNC(=O)C(F)(F)F)OC3=O)cc2)CC1(C)F)C(Cl)(Cl)Cl. The van der Waals surface area contributed by atoms with Gasteiger partial charge in [-0.15, -0.1) is 0 Å². The largest absolute Gasteiger partial charge is 0.471 e. The first-order chi connectivity index (χ1) is 17.0. The average molecular weight is 593 g/mol. The number of amides is 3. The van der Waals surface area contributed by atoms with Crippen LogP contribution in [-0.4, -0.2) is 83.6 Å². The Balaban J connectivity index is 1.64. The molecule has 37 heavy (non-hydrogen) atoms. The maximum absolute atomic E-state index is 15.7. The van der Waals surface area contributed by atoms with E-state index in [1.54, 1.807) is 34.5 Å². The molecule has 3 rings (SSSR count). The predicted molar refractivity (Wildman–Crippen MR) is 129 cm³/mol. The summed E-state index contributed by atoms with van der Waals surface area (Å²) < 4.78 is 55.8. The number of benzene rings is 1. The van der Waals surface area contributed by atoms with E-state index in [1.807, 2.05) is 0 Å². The molecule has 0 aromatic heterocycles. The minimum absolute atomic E-state index is 0.0703. The predicted octanol–water partition coefficient (Wildman–Crippen LogP) is 3.33. The second-order valence-corrected chi connectivity index (χ2v) is 11.1. The van der Waals surface area contributed by atoms with E-state index < -0.39 is 52.5 Å². The second kappa shape index (κ2) is 10.9. The Morgan fingerprint density at radius 1 is 1.16 bits per heavy atom. The molecule has 2 saturated heterocycles. The quantitative estimate of drug-likeness (QED) is 0.299. The molecule has 9 nitrogen and oxygen atoms in total. The summed E-state index contributed by atoms with van der Waals surface area (Å²) in [4.78, 5) is 39.0. The van der Waals surface area contributed by atoms with Crippen molar-refractivity contribution in [3.8, 4) is 0 Å². The molecule has 0 spiro atoms. The number of rotatable bonds is 6. The summed E-state index contributed by atoms with van der Waals surface area (Å²) >= 11 is 18.0. The van der Waals surface area contributed by atoms with Gasteiger partial charge >= 0.3 is 18.2 Å². The zero-order valence-electron chi connectivity index (χ0n) is 19.6. The molecule has 3 unspecified atom stereocenters. The summed E-state index contributed by atoms with van der Waals surface area (Å²) in [5.41, 5.74) is 1.03. The molecule has 0 saturated carbocycles. The van der Waals surface area contributed by atoms with Gasteiger partial charge in [-0.1, -0.05) is 34.8 Å². The molecule has 0 radical (unpaired) electrons. The molecule has 206 valence electrons. The molecule has 0 bridgehead atoms. The zero-order chi connectivity index (χ0) is 27.8. The van der Waals surface area contributed by atoms with Crippen molar-refractivity contribution in [2.24, 2.45) is 0 Å². The van der Waals surface area contributed by atoms with Gasteiger partial charge in [0.15, 0.2) is 5.79 Å². The molecule has 1 aromatic carbocycles. The molecule has 1 aromatic rings. The molecular formula is C21H24Cl3F4N5O4. The van der Waals surface area contributed by atoms with Gasteiger partial charge in [0.05, 0.1) is 19.6 Å². The fourth-order valence-corrected chi connectivity index (χ4v) is 4.63. The summed E-state index contributed by atoms with van der Waals surface area (Å²) in [6, 6.07) is 6.45. The number of nitrogens with one attached hydrogen (secondary N) is 2. The maximum Gasteiger partial charge on any atom is 0.471 e. The highest BCUT2D eigenvalue weighted by molar-refractivity contribution is 6.68. The monoisotopic (exact) mass is 591 g/mol. The van der Waals surface area contributed by atoms with Crippen LogP contribution in [0.25, 0.3) is 0 Å². The van der Waals surface area contributed by atoms with E-state index in [2.05, 4.69) is 5.32 Å². The van der Waals surface area contributed by atoms with Crippen molar-refractivity contribution in [2.75, 3.05) is 42.5 Å². The number of halogens is 7. The van der Waals surface area contributed by atoms with E-state index in [4.69, 9.17) is 39.5 Å². The number of ether oxygens (including phenoxy) is 1. The van der Waals surface area contributed by atoms with E-state index >= 15 is 4.39 Å². The lowest BCUT2D eigenvalue weighted by Crippen LogP contribution is -2.68. The number of nitrogens with zero attached hydrogens (tertiary/aromatic N) is 3. The van der Waals surface area contributed by atoms with E-state index in [1.165, 1.54) is 23.6 Å². The van der Waals surface area contributed by atoms with E-state index in [9.17, 15) is 27.6 Å². The summed E-state index contributed by atoms with van der Waals surface area (Å²) in [7, 11) is 0. The number of carbonyl (C=O) groups is 3. The molecule has 2 fully saturated rings. The van der Waals surface area contributed by atoms with Crippen LogP contribution >= 0.6 is 34.8 Å². The van der Waals surface area contributed by atoms with Crippen molar-refractivity contribution in [1.82, 2.24) is 15.5 Å². The standard InChI is InChI=1S/C21H24Cl3F4N5O4/c1-12(34)30-16(20(22,23)24)33-8-7-31(11-19(33,2)25)13-3-5-14(6-4-13)32-10-15(37-18(32)36)9-29-17(35)21(26,27)28/h3-6,15-16H,7-11H2,1-2H3,(H,29,35)(H,30,34). The van der Waals surface area contributed by atoms with Crippen LogP contribution in [-0.2, 0) is 14.3 Å². The average Bonchev–Trinajstić information content (AvgIpc) is 3.14. The number of hydrogen-bond acceptors (Lipinski definition) is 6. The molecule has 2 aliphatic rings. The van der Waals surface area contributed by atoms with Gasteiger partial charge in [-0.3, -0.25) is 14.5 Å². The van der Waals surface area contributed by atoms with Crippen LogP contribution in [0.3, 0.4) is 0 Å². The van der Waals surface area contributed by atoms with Crippen molar-refractivity contribution in [3.63, 3.8) is 0 Å². The first-order valence-corrected chi connectivity index (χ1v) is 12.1. The third kappa shape index (κ3) is 7.21. The lowest BCUT2D eigenvalue weighted by Gasteiger charge is -2.49. The lowest BCUT2D eigenvalue weighted by atomic mass is 10.1. The maximum atomic E-state index is 15.7. The van der Waals surface area contributed by atoms with Crippen molar-refractivity contribution in [2.45, 2.75) is 41.9 Å². The van der Waals surface area contributed by atoms with Crippen molar-refractivity contribution in [1.29, 1.82) is 0 Å². The van der Waals surface area contributed by atoms with Gasteiger partial charge in [-0.2, -0.15) is 13.2 Å². The summed E-state index contributed by atoms with van der Waals surface area (Å²) in [5, 5.41) is 4.16. The van der Waals surface area contributed by atoms with Crippen LogP contribution in [0.15, 0.2) is 24.3 Å². The fraction of sp³-hybridized carbons (Fsp3) is 0.571. The van der Waals surface area contributed by atoms with Crippen LogP contribution in [0.5, 0.6) is 0 Å². The highest BCUT2D eigenvalue weighted by Crippen LogP contribution is 2.38. The molecular weight excluding hydrogens is 569 g/mol. The second-order valence-electron chi connectivity index (χ2n) is 8.74. The van der Waals surface area contributed by atoms with Crippen molar-refractivity contribution >= 4 is 64.1 Å². The summed E-state index contributed by atoms with van der Waals surface area (Å²) in [6.45, 7) is 2.27. The normalized spacial score (nSPS) is 24.0. The smallest absolute Gasteiger partial charge is 0.442 e. The Labute approximate surface area is 224 Å². The summed E-state index contributed by atoms with van der Waals surface area (Å²) in [5.74, 6) is -4.61. The molecule has 3 amide bonds. The van der Waals surface area contributed by atoms with Gasteiger partial charge in [0.2, 0.25) is 9.70 Å². The highest BCUT2D eigenvalue weighted by atomic mass is 35.6. The third-order valence-electron chi connectivity index (χ3n) is 5.80. The number of hydrogen-bond donors (Lipinski definition) is 2. The Kier molecular flexibility index (Phi) is 8.62. The first-order valence-electron chi connectivity index (χ1n) is 11.0. The molecule has 2 heterocycles. The first kappa shape index (κ1) is 29.3. The molecule has 0 aliphatic carbocycles. The Morgan fingerprint density at radius 2 is 1.76 bits per heavy atom. The number of cyclic esters (lactones) is 1. The minimum Gasteiger partial charge on any atom is -0.442 e. The molecule has 2 N–H and O–H groups in total. The zero-order valence-corrected chi connectivity index (χ0v) is 21.9. The van der Waals surface area contributed by atoms with Crippen LogP contribution in [0, 0.1) is 0 Å². The molecule has 3 atom stereocenters. The van der Waals surface area contributed by atoms with Gasteiger partial charge < -0.3 is 20.3 Å². The molecule has 2 aliphatic heterocycles. The van der Waals surface area contributed by atoms with E-state index in [0.29, 0.717) is 17.9 Å². The van der Waals surface area contributed by atoms with Gasteiger partial charge in [0.1, 0.15) is 12.3 Å². The number of anilines is 2. The van der Waals surface area contributed by atoms with Gasteiger partial charge in [0, 0.05) is 31.4 Å². The fourth-order valence-electron chi connectivity index (χ4n) is 4.12. The number of carbonyl (C=O) groups excluding carboxylic acids is 3. The highest BCUT2D eigenvalue weighted by Gasteiger charge is 2.49. The molecule has 16 heteroatoms. The van der Waals surface area contributed by atoms with E-state index in [0.717, 1.165) is 0 Å². The van der Waals surface area contributed by atoms with E-state index in [-0.39, 0.29) is 19.6 Å². The van der Waals surface area contributed by atoms with Gasteiger partial charge in [0.25, 0.3) is 0 Å². The van der Waals surface area contributed by atoms with Crippen molar-refractivity contribution < 1.29 is 36.7 Å². The van der Waals surface area contributed by atoms with Crippen LogP contribution in [0.2, 0.25) is 0 Å². The number of alkyl halides is 7. The van der Waals surface area contributed by atoms with Crippen LogP contribution in [0.1, 0.15) is 13.8 Å². The lowest BCUT2D eigenvalue weighted by molar-refractivity contribution is -0.173. The van der Waals surface area contributed by atoms with Gasteiger partial charge in [-0.25, -0.2) is 14.1 Å².